The molecule has 2 aromatic rings. The van der Waals surface area contributed by atoms with Gasteiger partial charge < -0.3 is 24.5 Å². The maximum Gasteiger partial charge on any atom is 0.547 e. The summed E-state index contributed by atoms with van der Waals surface area (Å²) in [6.45, 7) is -0.656. The Labute approximate surface area is 186 Å². The number of hydrogen-bond acceptors (Lipinski definition) is 7. The highest BCUT2D eigenvalue weighted by molar-refractivity contribution is 6.47. The molecule has 1 amide bonds. The fraction of sp³-hybridized carbons (Fsp3) is 0.286. The van der Waals surface area contributed by atoms with E-state index in [-0.39, 0.29) is 23.3 Å². The van der Waals surface area contributed by atoms with Gasteiger partial charge in [0, 0.05) is 6.42 Å². The lowest BCUT2D eigenvalue weighted by molar-refractivity contribution is -0.144. The Morgan fingerprint density at radius 2 is 1.76 bits per heavy atom. The van der Waals surface area contributed by atoms with Crippen LogP contribution in [0.15, 0.2) is 48.5 Å². The molecule has 8 nitrogen and oxygen atoms in total. The molecular weight excluding hydrogens is 446 g/mol. The number of carbonyl (C=O) groups is 3. The molecule has 0 spiro atoms. The maximum atomic E-state index is 12.4. The first-order chi connectivity index (χ1) is 15.6. The number of nitrogens with one attached hydrogen (secondary N) is 1. The van der Waals surface area contributed by atoms with Crippen molar-refractivity contribution in [2.45, 2.75) is 31.4 Å². The van der Waals surface area contributed by atoms with Gasteiger partial charge in [-0.2, -0.15) is 13.2 Å². The van der Waals surface area contributed by atoms with Gasteiger partial charge in [0.05, 0.1) is 17.9 Å². The van der Waals surface area contributed by atoms with Gasteiger partial charge in [-0.3, -0.25) is 4.79 Å². The number of rotatable bonds is 7. The summed E-state index contributed by atoms with van der Waals surface area (Å²) in [6, 6.07) is 12.5. The van der Waals surface area contributed by atoms with Gasteiger partial charge in [-0.25, -0.2) is 9.59 Å². The van der Waals surface area contributed by atoms with Crippen molar-refractivity contribution >= 4 is 25.0 Å². The third kappa shape index (κ3) is 6.72. The predicted molar refractivity (Wildman–Crippen MR) is 108 cm³/mol. The number of alkyl halides is 3. The van der Waals surface area contributed by atoms with Gasteiger partial charge in [0.25, 0.3) is 0 Å². The first kappa shape index (κ1) is 24.1. The van der Waals surface area contributed by atoms with E-state index in [1.54, 1.807) is 24.3 Å². The van der Waals surface area contributed by atoms with Crippen molar-refractivity contribution in [1.82, 2.24) is 5.32 Å². The van der Waals surface area contributed by atoms with E-state index in [1.807, 2.05) is 0 Å². The number of hydrogen-bond donors (Lipinski definition) is 2. The lowest BCUT2D eigenvalue weighted by Gasteiger charge is -2.29. The normalized spacial score (nSPS) is 15.2. The molecule has 0 fully saturated rings. The minimum atomic E-state index is -4.48. The largest absolute Gasteiger partial charge is 0.547 e. The summed E-state index contributed by atoms with van der Waals surface area (Å²) in [4.78, 5) is 36.1. The molecule has 0 saturated carbocycles. The van der Waals surface area contributed by atoms with Crippen LogP contribution in [0.3, 0.4) is 0 Å². The number of ether oxygens (including phenoxy) is 2. The summed E-state index contributed by atoms with van der Waals surface area (Å²) in [7, 11) is -1.60. The highest BCUT2D eigenvalue weighted by Crippen LogP contribution is 2.31. The Balaban J connectivity index is 1.58. The van der Waals surface area contributed by atoms with Crippen LogP contribution in [0.1, 0.15) is 39.1 Å². The third-order valence-electron chi connectivity index (χ3n) is 4.71. The maximum absolute atomic E-state index is 12.4. The summed E-state index contributed by atoms with van der Waals surface area (Å²) >= 11 is 0. The van der Waals surface area contributed by atoms with Crippen molar-refractivity contribution in [3.05, 3.63) is 65.2 Å². The van der Waals surface area contributed by atoms with Crippen molar-refractivity contribution in [3.8, 4) is 5.75 Å². The standard InChI is InChI=1S/C21H19BF3NO7/c23-21(24,25)10-9-17(27)26-16-11-14-7-4-8-15(18(14)33-22(16)30)20(29)32-12-31-19(28)13-5-2-1-3-6-13/h1-8,16,30H,9-12H2,(H,26,27)/t16-/m0/s1. The molecule has 0 unspecified atom stereocenters. The van der Waals surface area contributed by atoms with Crippen LogP contribution in [0.2, 0.25) is 0 Å². The second kappa shape index (κ2) is 10.4. The van der Waals surface area contributed by atoms with Gasteiger partial charge in [0.1, 0.15) is 11.3 Å². The number of amides is 1. The number of carbonyl (C=O) groups excluding carboxylic acids is 3. The fourth-order valence-electron chi connectivity index (χ4n) is 3.11. The Bertz CT molecular complexity index is 1020. The SMILES string of the molecule is O=C(CCC(F)(F)F)N[C@H]1Cc2cccc(C(=O)OCOC(=O)c3ccccc3)c2OB1O. The van der Waals surface area contributed by atoms with Crippen LogP contribution in [0.25, 0.3) is 0 Å². The fourth-order valence-corrected chi connectivity index (χ4v) is 3.11. The van der Waals surface area contributed by atoms with Crippen LogP contribution < -0.4 is 9.97 Å². The van der Waals surface area contributed by atoms with Crippen LogP contribution in [-0.2, 0) is 20.7 Å². The molecule has 3 rings (SSSR count). The number of para-hydroxylation sites is 1. The molecule has 1 aliphatic heterocycles. The van der Waals surface area contributed by atoms with E-state index < -0.39 is 56.7 Å². The van der Waals surface area contributed by atoms with Gasteiger partial charge in [-0.1, -0.05) is 30.3 Å². The van der Waals surface area contributed by atoms with E-state index in [2.05, 4.69) is 5.32 Å². The van der Waals surface area contributed by atoms with Crippen LogP contribution in [-0.4, -0.2) is 48.9 Å². The number of fused-ring (bicyclic) bond motifs is 1. The highest BCUT2D eigenvalue weighted by Gasteiger charge is 2.38. The molecule has 1 aliphatic rings. The Morgan fingerprint density at radius 1 is 1.06 bits per heavy atom. The van der Waals surface area contributed by atoms with Crippen LogP contribution >= 0.6 is 0 Å². The minimum Gasteiger partial charge on any atom is -0.534 e. The second-order valence-electron chi connectivity index (χ2n) is 7.14. The Kier molecular flexibility index (Phi) is 7.59. The summed E-state index contributed by atoms with van der Waals surface area (Å²) in [6.07, 6.45) is -6.54. The van der Waals surface area contributed by atoms with Crippen LogP contribution in [0, 0.1) is 0 Å². The lowest BCUT2D eigenvalue weighted by atomic mass is 9.72. The zero-order chi connectivity index (χ0) is 24.0. The molecule has 0 bridgehead atoms. The molecule has 0 radical (unpaired) electrons. The molecule has 0 aliphatic carbocycles. The van der Waals surface area contributed by atoms with Crippen LogP contribution in [0.5, 0.6) is 5.75 Å². The molecule has 0 aromatic heterocycles. The van der Waals surface area contributed by atoms with Gasteiger partial charge in [0.15, 0.2) is 0 Å². The predicted octanol–water partition coefficient (Wildman–Crippen LogP) is 2.44. The first-order valence-electron chi connectivity index (χ1n) is 9.86. The molecule has 12 heteroatoms. The third-order valence-corrected chi connectivity index (χ3v) is 4.71. The molecule has 0 saturated heterocycles. The number of halogens is 3. The highest BCUT2D eigenvalue weighted by atomic mass is 19.4. The minimum absolute atomic E-state index is 0.00479. The Morgan fingerprint density at radius 3 is 2.45 bits per heavy atom. The van der Waals surface area contributed by atoms with E-state index in [9.17, 15) is 32.6 Å². The van der Waals surface area contributed by atoms with Crippen molar-refractivity contribution in [2.24, 2.45) is 0 Å². The molecule has 33 heavy (non-hydrogen) atoms. The van der Waals surface area contributed by atoms with E-state index in [1.165, 1.54) is 24.3 Å². The monoisotopic (exact) mass is 465 g/mol. The van der Waals surface area contributed by atoms with Gasteiger partial charge in [0.2, 0.25) is 12.7 Å². The van der Waals surface area contributed by atoms with Gasteiger partial charge >= 0.3 is 25.2 Å². The van der Waals surface area contributed by atoms with Crippen molar-refractivity contribution in [3.63, 3.8) is 0 Å². The molecular formula is C21H19BF3NO7. The zero-order valence-electron chi connectivity index (χ0n) is 17.1. The van der Waals surface area contributed by atoms with Crippen molar-refractivity contribution in [2.75, 3.05) is 6.79 Å². The summed E-state index contributed by atoms with van der Waals surface area (Å²) in [5.74, 6) is -3.46. The van der Waals surface area contributed by atoms with E-state index in [4.69, 9.17) is 14.1 Å². The number of benzene rings is 2. The van der Waals surface area contributed by atoms with Crippen LogP contribution in [0.4, 0.5) is 13.2 Å². The average Bonchev–Trinajstić information content (AvgIpc) is 2.78. The van der Waals surface area contributed by atoms with E-state index in [0.717, 1.165) is 0 Å². The molecule has 1 atom stereocenters. The van der Waals surface area contributed by atoms with Gasteiger partial charge in [-0.05, 0) is 30.2 Å². The average molecular weight is 465 g/mol. The zero-order valence-corrected chi connectivity index (χ0v) is 17.1. The van der Waals surface area contributed by atoms with Crippen molar-refractivity contribution < 1.29 is 46.7 Å². The topological polar surface area (TPSA) is 111 Å². The summed E-state index contributed by atoms with van der Waals surface area (Å²) in [5.41, 5.74) is 0.654. The second-order valence-corrected chi connectivity index (χ2v) is 7.14. The quantitative estimate of drug-likeness (QED) is 0.367. The summed E-state index contributed by atoms with van der Waals surface area (Å²) < 4.78 is 52.0. The van der Waals surface area contributed by atoms with E-state index >= 15 is 0 Å². The first-order valence-corrected chi connectivity index (χ1v) is 9.86. The Hall–Kier alpha value is -3.54. The lowest BCUT2D eigenvalue weighted by Crippen LogP contribution is -2.53. The molecule has 174 valence electrons. The molecule has 1 heterocycles. The molecule has 2 N–H and O–H groups in total. The smallest absolute Gasteiger partial charge is 0.534 e. The molecule has 2 aromatic carbocycles. The van der Waals surface area contributed by atoms with Gasteiger partial charge in [-0.15, -0.1) is 0 Å². The van der Waals surface area contributed by atoms with E-state index in [0.29, 0.717) is 5.56 Å². The van der Waals surface area contributed by atoms with Crippen molar-refractivity contribution in [1.29, 1.82) is 0 Å². The number of esters is 2. The summed E-state index contributed by atoms with van der Waals surface area (Å²) in [5, 5.41) is 12.5.